The molecule has 0 saturated carbocycles. The van der Waals surface area contributed by atoms with E-state index in [1.807, 2.05) is 6.92 Å². The average molecular weight is 500 g/mol. The maximum Gasteiger partial charge on any atom is 0.446 e. The van der Waals surface area contributed by atoms with Gasteiger partial charge < -0.3 is 15.4 Å². The number of carbonyl (C=O) groups is 2. The molecule has 6 nitrogen and oxygen atoms in total. The highest BCUT2D eigenvalue weighted by atomic mass is 32.2. The van der Waals surface area contributed by atoms with Crippen LogP contribution in [0.4, 0.5) is 17.6 Å². The lowest BCUT2D eigenvalue weighted by molar-refractivity contribution is -0.132. The molecule has 184 valence electrons. The summed E-state index contributed by atoms with van der Waals surface area (Å²) in [5.41, 5.74) is -3.10. The van der Waals surface area contributed by atoms with Crippen LogP contribution < -0.4 is 20.7 Å². The van der Waals surface area contributed by atoms with Gasteiger partial charge in [0.1, 0.15) is 0 Å². The highest BCUT2D eigenvalue weighted by Gasteiger charge is 2.32. The van der Waals surface area contributed by atoms with Crippen LogP contribution in [0.2, 0.25) is 0 Å². The quantitative estimate of drug-likeness (QED) is 0.377. The Morgan fingerprint density at radius 3 is 2.53 bits per heavy atom. The van der Waals surface area contributed by atoms with Gasteiger partial charge in [-0.1, -0.05) is 25.1 Å². The Morgan fingerprint density at radius 1 is 1.24 bits per heavy atom. The third-order valence-electron chi connectivity index (χ3n) is 5.34. The van der Waals surface area contributed by atoms with Gasteiger partial charge in [-0.15, -0.1) is 0 Å². The highest BCUT2D eigenvalue weighted by molar-refractivity contribution is 8.00. The van der Waals surface area contributed by atoms with Crippen molar-refractivity contribution in [2.45, 2.75) is 54.8 Å². The molecule has 1 fully saturated rings. The fraction of sp³-hybridized carbons (Fsp3) is 0.391. The molecular formula is C23H25F4N3O3S. The van der Waals surface area contributed by atoms with Gasteiger partial charge >= 0.3 is 5.51 Å². The van der Waals surface area contributed by atoms with Gasteiger partial charge in [-0.05, 0) is 53.6 Å². The molecule has 1 heterocycles. The summed E-state index contributed by atoms with van der Waals surface area (Å²) in [4.78, 5) is 25.2. The van der Waals surface area contributed by atoms with Crippen molar-refractivity contribution >= 4 is 23.6 Å². The van der Waals surface area contributed by atoms with E-state index in [-0.39, 0.29) is 41.2 Å². The number of carbonyl (C=O) groups excluding carboxylic acids is 2. The van der Waals surface area contributed by atoms with Crippen molar-refractivity contribution in [1.29, 1.82) is 0 Å². The molecule has 34 heavy (non-hydrogen) atoms. The molecule has 2 amide bonds. The number of halogens is 4. The first-order valence-electron chi connectivity index (χ1n) is 10.6. The minimum Gasteiger partial charge on any atom is -0.494 e. The Morgan fingerprint density at radius 2 is 1.94 bits per heavy atom. The van der Waals surface area contributed by atoms with Crippen LogP contribution in [0.3, 0.4) is 0 Å². The number of hydrogen-bond acceptors (Lipinski definition) is 5. The highest BCUT2D eigenvalue weighted by Crippen LogP contribution is 2.37. The molecule has 11 heteroatoms. The first-order valence-corrected chi connectivity index (χ1v) is 11.4. The number of methoxy groups -OCH3 is 1. The van der Waals surface area contributed by atoms with Gasteiger partial charge in [0, 0.05) is 11.3 Å². The van der Waals surface area contributed by atoms with Gasteiger partial charge in [0.25, 0.3) is 0 Å². The van der Waals surface area contributed by atoms with Crippen LogP contribution in [0, 0.1) is 5.82 Å². The first kappa shape index (κ1) is 25.8. The van der Waals surface area contributed by atoms with E-state index in [2.05, 4.69) is 16.0 Å². The fourth-order valence-corrected chi connectivity index (χ4v) is 4.27. The molecule has 1 aliphatic heterocycles. The zero-order chi connectivity index (χ0) is 24.9. The van der Waals surface area contributed by atoms with E-state index < -0.39 is 35.5 Å². The second-order valence-electron chi connectivity index (χ2n) is 7.80. The van der Waals surface area contributed by atoms with E-state index in [4.69, 9.17) is 4.74 Å². The van der Waals surface area contributed by atoms with Gasteiger partial charge in [0.2, 0.25) is 11.8 Å². The monoisotopic (exact) mass is 499 g/mol. The lowest BCUT2D eigenvalue weighted by Crippen LogP contribution is -2.61. The Hall–Kier alpha value is -2.79. The molecule has 3 rings (SSSR count). The predicted molar refractivity (Wildman–Crippen MR) is 120 cm³/mol. The summed E-state index contributed by atoms with van der Waals surface area (Å²) in [7, 11) is 1.36. The molecular weight excluding hydrogens is 474 g/mol. The maximum absolute atomic E-state index is 14.0. The van der Waals surface area contributed by atoms with Crippen LogP contribution in [0.15, 0.2) is 47.4 Å². The predicted octanol–water partition coefficient (Wildman–Crippen LogP) is 4.06. The number of nitrogens with one attached hydrogen (secondary N) is 3. The number of alkyl halides is 3. The summed E-state index contributed by atoms with van der Waals surface area (Å²) < 4.78 is 56.5. The van der Waals surface area contributed by atoms with Crippen molar-refractivity contribution in [3.63, 3.8) is 0 Å². The number of ether oxygens (including phenoxy) is 1. The fourth-order valence-electron chi connectivity index (χ4n) is 3.73. The van der Waals surface area contributed by atoms with E-state index in [1.165, 1.54) is 31.4 Å². The Bertz CT molecular complexity index is 1020. The Labute approximate surface area is 198 Å². The van der Waals surface area contributed by atoms with E-state index in [9.17, 15) is 27.2 Å². The molecule has 2 unspecified atom stereocenters. The van der Waals surface area contributed by atoms with Gasteiger partial charge in [-0.25, -0.2) is 4.39 Å². The average Bonchev–Trinajstić information content (AvgIpc) is 2.76. The summed E-state index contributed by atoms with van der Waals surface area (Å²) >= 11 is -0.203. The molecule has 0 aliphatic carbocycles. The number of amides is 2. The van der Waals surface area contributed by atoms with Crippen molar-refractivity contribution in [2.24, 2.45) is 0 Å². The lowest BCUT2D eigenvalue weighted by Gasteiger charge is -2.32. The molecule has 3 N–H and O–H groups in total. The van der Waals surface area contributed by atoms with Crippen LogP contribution in [-0.4, -0.2) is 36.6 Å². The van der Waals surface area contributed by atoms with Crippen LogP contribution >= 0.6 is 11.8 Å². The second-order valence-corrected chi connectivity index (χ2v) is 8.94. The second kappa shape index (κ2) is 11.1. The van der Waals surface area contributed by atoms with Crippen molar-refractivity contribution in [3.05, 3.63) is 59.4 Å². The van der Waals surface area contributed by atoms with Crippen LogP contribution in [0.5, 0.6) is 5.75 Å². The van der Waals surface area contributed by atoms with Crippen molar-refractivity contribution in [1.82, 2.24) is 16.0 Å². The number of rotatable bonds is 8. The van der Waals surface area contributed by atoms with Gasteiger partial charge in [-0.3, -0.25) is 14.9 Å². The molecule has 3 atom stereocenters. The van der Waals surface area contributed by atoms with Gasteiger partial charge in [0.05, 0.1) is 31.8 Å². The number of thioether (sulfide) groups is 1. The zero-order valence-electron chi connectivity index (χ0n) is 18.5. The molecule has 0 radical (unpaired) electrons. The lowest BCUT2D eigenvalue weighted by atomic mass is 10.0. The molecule has 0 spiro atoms. The van der Waals surface area contributed by atoms with E-state index in [1.54, 1.807) is 18.2 Å². The van der Waals surface area contributed by atoms with Crippen LogP contribution in [0.1, 0.15) is 36.9 Å². The SMILES string of the molecule is CC[C@@H](NC(=O)C1CC(=O)NC(Cc2ccc(OC)c(F)c2)N1)c1ccc(SC(F)(F)F)cc1. The third-order valence-corrected chi connectivity index (χ3v) is 6.08. The van der Waals surface area contributed by atoms with Gasteiger partial charge in [0.15, 0.2) is 11.6 Å². The van der Waals surface area contributed by atoms with Crippen molar-refractivity contribution in [2.75, 3.05) is 7.11 Å². The zero-order valence-corrected chi connectivity index (χ0v) is 19.4. The topological polar surface area (TPSA) is 79.5 Å². The summed E-state index contributed by atoms with van der Waals surface area (Å²) in [6, 6.07) is 9.04. The third kappa shape index (κ3) is 7.10. The number of benzene rings is 2. The molecule has 2 aromatic carbocycles. The van der Waals surface area contributed by atoms with Crippen molar-refractivity contribution < 1.29 is 31.9 Å². The van der Waals surface area contributed by atoms with Gasteiger partial charge in [-0.2, -0.15) is 13.2 Å². The van der Waals surface area contributed by atoms with E-state index in [0.717, 1.165) is 0 Å². The number of hydrogen-bond donors (Lipinski definition) is 3. The van der Waals surface area contributed by atoms with E-state index >= 15 is 0 Å². The van der Waals surface area contributed by atoms with E-state index in [0.29, 0.717) is 17.5 Å². The summed E-state index contributed by atoms with van der Waals surface area (Å²) in [5.74, 6) is -1.14. The smallest absolute Gasteiger partial charge is 0.446 e. The Balaban J connectivity index is 1.63. The minimum absolute atomic E-state index is 0.0564. The largest absolute Gasteiger partial charge is 0.494 e. The van der Waals surface area contributed by atoms with Crippen molar-refractivity contribution in [3.8, 4) is 5.75 Å². The van der Waals surface area contributed by atoms with Crippen LogP contribution in [0.25, 0.3) is 0 Å². The standard InChI is InChI=1S/C23H25F4N3O3S/c1-3-17(14-5-7-15(8-6-14)34-23(25,26)27)29-22(32)18-12-21(31)30-20(28-18)11-13-4-9-19(33-2)16(24)10-13/h4-10,17-18,20,28H,3,11-12H2,1-2H3,(H,29,32)(H,30,31)/t17-,18?,20?/m1/s1. The summed E-state index contributed by atoms with van der Waals surface area (Å²) in [6.07, 6.45) is 0.108. The molecule has 1 saturated heterocycles. The Kier molecular flexibility index (Phi) is 8.42. The first-order chi connectivity index (χ1) is 16.1. The minimum atomic E-state index is -4.37. The normalized spacial score (nSPS) is 19.3. The summed E-state index contributed by atoms with van der Waals surface area (Å²) in [5, 5.41) is 8.68. The maximum atomic E-state index is 14.0. The molecule has 2 aromatic rings. The molecule has 0 bridgehead atoms. The molecule has 1 aliphatic rings. The van der Waals surface area contributed by atoms with Crippen LogP contribution in [-0.2, 0) is 16.0 Å². The summed E-state index contributed by atoms with van der Waals surface area (Å²) in [6.45, 7) is 1.84. The molecule has 0 aromatic heterocycles.